The zero-order valence-electron chi connectivity index (χ0n) is 15.2. The van der Waals surface area contributed by atoms with Gasteiger partial charge in [-0.15, -0.1) is 0 Å². The second-order valence-electron chi connectivity index (χ2n) is 6.52. The van der Waals surface area contributed by atoms with Crippen LogP contribution in [-0.4, -0.2) is 31.6 Å². The molecule has 2 aromatic carbocycles. The molecule has 2 aromatic rings. The molecule has 1 saturated heterocycles. The van der Waals surface area contributed by atoms with Gasteiger partial charge in [0.1, 0.15) is 5.75 Å². The molecule has 0 saturated carbocycles. The van der Waals surface area contributed by atoms with Gasteiger partial charge in [0.05, 0.1) is 13.2 Å². The summed E-state index contributed by atoms with van der Waals surface area (Å²) in [4.78, 5) is 26.3. The molecule has 1 aliphatic heterocycles. The Labute approximate surface area is 153 Å². The van der Waals surface area contributed by atoms with Crippen LogP contribution in [0.1, 0.15) is 17.5 Å². The predicted octanol–water partition coefficient (Wildman–Crippen LogP) is 3.24. The number of methoxy groups -OCH3 is 1. The van der Waals surface area contributed by atoms with Gasteiger partial charge in [0.2, 0.25) is 5.91 Å². The van der Waals surface area contributed by atoms with Gasteiger partial charge >= 0.3 is 6.03 Å². The maximum atomic E-state index is 12.3. The molecule has 0 spiro atoms. The first kappa shape index (κ1) is 17.8. The van der Waals surface area contributed by atoms with E-state index in [1.54, 1.807) is 12.0 Å². The number of hydrogen-bond donors (Lipinski definition) is 2. The van der Waals surface area contributed by atoms with Gasteiger partial charge < -0.3 is 20.3 Å². The number of nitrogens with zero attached hydrogens (tertiary/aromatic N) is 1. The zero-order chi connectivity index (χ0) is 18.7. The lowest BCUT2D eigenvalue weighted by atomic mass is 10.1. The summed E-state index contributed by atoms with van der Waals surface area (Å²) < 4.78 is 5.21. The summed E-state index contributed by atoms with van der Waals surface area (Å²) in [5.74, 6) is 0.675. The number of amides is 3. The van der Waals surface area contributed by atoms with E-state index in [9.17, 15) is 9.59 Å². The minimum atomic E-state index is -0.303. The standard InChI is InChI=1S/C20H23N3O3/c1-13-7-8-18(14(2)9-13)22-20(25)21-15-10-19(24)23(12-15)16-5-4-6-17(11-16)26-3/h4-9,11,15H,10,12H2,1-3H3,(H2,21,22,25)/t15-/m1/s1. The Morgan fingerprint density at radius 1 is 1.19 bits per heavy atom. The van der Waals surface area contributed by atoms with Crippen LogP contribution in [0.3, 0.4) is 0 Å². The normalized spacial score (nSPS) is 16.5. The first-order chi connectivity index (χ1) is 12.5. The van der Waals surface area contributed by atoms with E-state index in [-0.39, 0.29) is 24.4 Å². The number of hydrogen-bond acceptors (Lipinski definition) is 3. The summed E-state index contributed by atoms with van der Waals surface area (Å²) in [5, 5.41) is 5.74. The first-order valence-corrected chi connectivity index (χ1v) is 8.55. The number of carbonyl (C=O) groups is 2. The molecule has 3 rings (SSSR count). The van der Waals surface area contributed by atoms with Crippen molar-refractivity contribution in [1.29, 1.82) is 0 Å². The van der Waals surface area contributed by atoms with Crippen LogP contribution in [0, 0.1) is 13.8 Å². The number of nitrogens with one attached hydrogen (secondary N) is 2. The number of aryl methyl sites for hydroxylation is 2. The summed E-state index contributed by atoms with van der Waals surface area (Å²) in [5.41, 5.74) is 3.68. The number of carbonyl (C=O) groups excluding carboxylic acids is 2. The van der Waals surface area contributed by atoms with Crippen LogP contribution >= 0.6 is 0 Å². The summed E-state index contributed by atoms with van der Waals surface area (Å²) >= 11 is 0. The summed E-state index contributed by atoms with van der Waals surface area (Å²) in [7, 11) is 1.59. The highest BCUT2D eigenvalue weighted by atomic mass is 16.5. The van der Waals surface area contributed by atoms with Crippen LogP contribution in [0.25, 0.3) is 0 Å². The number of rotatable bonds is 4. The van der Waals surface area contributed by atoms with Crippen molar-refractivity contribution in [2.24, 2.45) is 0 Å². The average molecular weight is 353 g/mol. The van der Waals surface area contributed by atoms with Crippen LogP contribution in [0.5, 0.6) is 5.75 Å². The predicted molar refractivity (Wildman–Crippen MR) is 102 cm³/mol. The molecular weight excluding hydrogens is 330 g/mol. The third kappa shape index (κ3) is 3.96. The third-order valence-electron chi connectivity index (χ3n) is 4.46. The maximum absolute atomic E-state index is 12.3. The Hall–Kier alpha value is -3.02. The van der Waals surface area contributed by atoms with E-state index in [1.807, 2.05) is 56.3 Å². The summed E-state index contributed by atoms with van der Waals surface area (Å²) in [6.45, 7) is 4.40. The van der Waals surface area contributed by atoms with Gasteiger partial charge in [-0.3, -0.25) is 4.79 Å². The van der Waals surface area contributed by atoms with Crippen LogP contribution < -0.4 is 20.3 Å². The SMILES string of the molecule is COc1cccc(N2C[C@H](NC(=O)Nc3ccc(C)cc3C)CC2=O)c1. The van der Waals surface area contributed by atoms with E-state index >= 15 is 0 Å². The highest BCUT2D eigenvalue weighted by Gasteiger charge is 2.31. The van der Waals surface area contributed by atoms with Crippen molar-refractivity contribution in [3.63, 3.8) is 0 Å². The number of anilines is 2. The first-order valence-electron chi connectivity index (χ1n) is 8.55. The quantitative estimate of drug-likeness (QED) is 0.886. The second-order valence-corrected chi connectivity index (χ2v) is 6.52. The van der Waals surface area contributed by atoms with Crippen molar-refractivity contribution in [3.05, 3.63) is 53.6 Å². The topological polar surface area (TPSA) is 70.7 Å². The lowest BCUT2D eigenvalue weighted by Gasteiger charge is -2.18. The Balaban J connectivity index is 1.62. The molecule has 1 aliphatic rings. The van der Waals surface area contributed by atoms with E-state index in [0.29, 0.717) is 12.3 Å². The molecular formula is C20H23N3O3. The highest BCUT2D eigenvalue weighted by Crippen LogP contribution is 2.25. The van der Waals surface area contributed by atoms with Crippen LogP contribution in [0.2, 0.25) is 0 Å². The minimum absolute atomic E-state index is 0.0185. The van der Waals surface area contributed by atoms with Gasteiger partial charge in [0.25, 0.3) is 0 Å². The molecule has 0 aromatic heterocycles. The Kier molecular flexibility index (Phi) is 5.11. The van der Waals surface area contributed by atoms with E-state index in [1.165, 1.54) is 0 Å². The summed E-state index contributed by atoms with van der Waals surface area (Å²) in [6.07, 6.45) is 0.275. The fourth-order valence-corrected chi connectivity index (χ4v) is 3.13. The average Bonchev–Trinajstić information content (AvgIpc) is 2.97. The zero-order valence-corrected chi connectivity index (χ0v) is 15.2. The second kappa shape index (κ2) is 7.47. The van der Waals surface area contributed by atoms with Crippen molar-refractivity contribution >= 4 is 23.3 Å². The van der Waals surface area contributed by atoms with Crippen molar-refractivity contribution in [2.75, 3.05) is 23.9 Å². The third-order valence-corrected chi connectivity index (χ3v) is 4.46. The molecule has 2 N–H and O–H groups in total. The lowest BCUT2D eigenvalue weighted by Crippen LogP contribution is -2.39. The number of ether oxygens (including phenoxy) is 1. The minimum Gasteiger partial charge on any atom is -0.497 e. The van der Waals surface area contributed by atoms with Gasteiger partial charge in [0.15, 0.2) is 0 Å². The fourth-order valence-electron chi connectivity index (χ4n) is 3.13. The Bertz CT molecular complexity index is 835. The van der Waals surface area contributed by atoms with E-state index in [4.69, 9.17) is 4.74 Å². The number of urea groups is 1. The van der Waals surface area contributed by atoms with Crippen LogP contribution in [-0.2, 0) is 4.79 Å². The van der Waals surface area contributed by atoms with Crippen molar-refractivity contribution in [2.45, 2.75) is 26.3 Å². The molecule has 0 bridgehead atoms. The molecule has 1 atom stereocenters. The molecule has 0 unspecified atom stereocenters. The highest BCUT2D eigenvalue weighted by molar-refractivity contribution is 5.98. The van der Waals surface area contributed by atoms with E-state index < -0.39 is 0 Å². The smallest absolute Gasteiger partial charge is 0.319 e. The molecule has 26 heavy (non-hydrogen) atoms. The molecule has 1 fully saturated rings. The van der Waals surface area contributed by atoms with Gasteiger partial charge in [-0.1, -0.05) is 23.8 Å². The van der Waals surface area contributed by atoms with Crippen LogP contribution in [0.15, 0.2) is 42.5 Å². The fraction of sp³-hybridized carbons (Fsp3) is 0.300. The molecule has 3 amide bonds. The van der Waals surface area contributed by atoms with E-state index in [2.05, 4.69) is 10.6 Å². The van der Waals surface area contributed by atoms with Gasteiger partial charge in [-0.25, -0.2) is 4.79 Å². The molecule has 0 radical (unpaired) electrons. The maximum Gasteiger partial charge on any atom is 0.319 e. The lowest BCUT2D eigenvalue weighted by molar-refractivity contribution is -0.117. The van der Waals surface area contributed by atoms with Gasteiger partial charge in [-0.05, 0) is 37.6 Å². The molecule has 6 nitrogen and oxygen atoms in total. The van der Waals surface area contributed by atoms with Gasteiger partial charge in [-0.2, -0.15) is 0 Å². The Morgan fingerprint density at radius 2 is 2.00 bits per heavy atom. The largest absolute Gasteiger partial charge is 0.497 e. The van der Waals surface area contributed by atoms with E-state index in [0.717, 1.165) is 22.5 Å². The molecule has 136 valence electrons. The van der Waals surface area contributed by atoms with Crippen molar-refractivity contribution in [3.8, 4) is 5.75 Å². The van der Waals surface area contributed by atoms with Crippen LogP contribution in [0.4, 0.5) is 16.2 Å². The number of benzene rings is 2. The molecule has 1 heterocycles. The van der Waals surface area contributed by atoms with Gasteiger partial charge in [0, 0.05) is 30.4 Å². The Morgan fingerprint density at radius 3 is 2.73 bits per heavy atom. The van der Waals surface area contributed by atoms with Crippen molar-refractivity contribution < 1.29 is 14.3 Å². The van der Waals surface area contributed by atoms with Crippen molar-refractivity contribution in [1.82, 2.24) is 5.32 Å². The monoisotopic (exact) mass is 353 g/mol. The summed E-state index contributed by atoms with van der Waals surface area (Å²) in [6, 6.07) is 12.7. The molecule has 6 heteroatoms. The molecule has 0 aliphatic carbocycles.